The molecule has 0 aliphatic carbocycles. The maximum Gasteiger partial charge on any atom is 0.180 e. The van der Waals surface area contributed by atoms with Gasteiger partial charge in [-0.15, -0.1) is 0 Å². The molecule has 0 amide bonds. The van der Waals surface area contributed by atoms with Crippen LogP contribution in [0.4, 0.5) is 4.39 Å². The van der Waals surface area contributed by atoms with E-state index in [1.165, 1.54) is 6.07 Å². The largest absolute Gasteiger partial charge is 0.490 e. The number of halogens is 3. The van der Waals surface area contributed by atoms with Crippen LogP contribution in [0, 0.1) is 5.82 Å². The number of rotatable bonds is 9. The lowest BCUT2D eigenvalue weighted by Crippen LogP contribution is -2.13. The van der Waals surface area contributed by atoms with Crippen molar-refractivity contribution in [1.82, 2.24) is 5.32 Å². The van der Waals surface area contributed by atoms with E-state index in [1.807, 2.05) is 43.3 Å². The van der Waals surface area contributed by atoms with Crippen molar-refractivity contribution in [2.45, 2.75) is 26.6 Å². The Labute approximate surface area is 180 Å². The first-order chi connectivity index (χ1) is 14.1. The number of nitrogens with one attached hydrogen (secondary N) is 1. The SMILES string of the molecule is CCOc1cc(CNCc2ccccc2Cl)cc(Cl)c1OCc1ccccc1F. The summed E-state index contributed by atoms with van der Waals surface area (Å²) in [4.78, 5) is 0. The normalized spacial score (nSPS) is 10.8. The second kappa shape index (κ2) is 10.5. The van der Waals surface area contributed by atoms with E-state index in [1.54, 1.807) is 18.2 Å². The standard InChI is InChI=1S/C23H22Cl2FNO2/c1-2-28-22-12-16(13-27-14-17-7-3-5-9-19(17)24)11-20(25)23(22)29-15-18-8-4-6-10-21(18)26/h3-12,27H,2,13-15H2,1H3. The van der Waals surface area contributed by atoms with Crippen molar-refractivity contribution in [3.05, 3.63) is 93.2 Å². The molecule has 0 saturated heterocycles. The van der Waals surface area contributed by atoms with Gasteiger partial charge in [0.05, 0.1) is 11.6 Å². The summed E-state index contributed by atoms with van der Waals surface area (Å²) in [5, 5.41) is 4.50. The lowest BCUT2D eigenvalue weighted by Gasteiger charge is -2.16. The molecule has 0 saturated carbocycles. The van der Waals surface area contributed by atoms with Crippen LogP contribution in [-0.2, 0) is 19.7 Å². The smallest absolute Gasteiger partial charge is 0.180 e. The summed E-state index contributed by atoms with van der Waals surface area (Å²) >= 11 is 12.6. The topological polar surface area (TPSA) is 30.5 Å². The van der Waals surface area contributed by atoms with E-state index >= 15 is 0 Å². The number of hydrogen-bond donors (Lipinski definition) is 1. The van der Waals surface area contributed by atoms with Gasteiger partial charge in [-0.2, -0.15) is 0 Å². The van der Waals surface area contributed by atoms with E-state index in [-0.39, 0.29) is 12.4 Å². The predicted molar refractivity (Wildman–Crippen MR) is 115 cm³/mol. The van der Waals surface area contributed by atoms with Crippen LogP contribution in [0.5, 0.6) is 11.5 Å². The van der Waals surface area contributed by atoms with Crippen molar-refractivity contribution < 1.29 is 13.9 Å². The zero-order valence-electron chi connectivity index (χ0n) is 16.1. The number of hydrogen-bond acceptors (Lipinski definition) is 3. The average molecular weight is 434 g/mol. The van der Waals surface area contributed by atoms with Gasteiger partial charge in [-0.05, 0) is 42.3 Å². The third-order valence-corrected chi connectivity index (χ3v) is 4.95. The highest BCUT2D eigenvalue weighted by molar-refractivity contribution is 6.32. The third kappa shape index (κ3) is 5.86. The van der Waals surface area contributed by atoms with E-state index in [2.05, 4.69) is 5.32 Å². The second-order valence-corrected chi connectivity index (χ2v) is 7.23. The molecule has 0 radical (unpaired) electrons. The molecule has 0 aliphatic rings. The zero-order chi connectivity index (χ0) is 20.6. The van der Waals surface area contributed by atoms with Gasteiger partial charge in [-0.1, -0.05) is 59.6 Å². The molecule has 3 nitrogen and oxygen atoms in total. The Bertz CT molecular complexity index is 965. The summed E-state index contributed by atoms with van der Waals surface area (Å²) < 4.78 is 25.4. The van der Waals surface area contributed by atoms with Crippen molar-refractivity contribution in [1.29, 1.82) is 0 Å². The van der Waals surface area contributed by atoms with E-state index in [9.17, 15) is 4.39 Å². The lowest BCUT2D eigenvalue weighted by molar-refractivity contribution is 0.266. The van der Waals surface area contributed by atoms with Gasteiger partial charge in [-0.3, -0.25) is 0 Å². The van der Waals surface area contributed by atoms with Gasteiger partial charge >= 0.3 is 0 Å². The van der Waals surface area contributed by atoms with Crippen LogP contribution >= 0.6 is 23.2 Å². The fourth-order valence-corrected chi connectivity index (χ4v) is 3.37. The Morgan fingerprint density at radius 1 is 0.862 bits per heavy atom. The van der Waals surface area contributed by atoms with Gasteiger partial charge in [0.15, 0.2) is 11.5 Å². The second-order valence-electron chi connectivity index (χ2n) is 6.41. The quantitative estimate of drug-likeness (QED) is 0.423. The van der Waals surface area contributed by atoms with Crippen molar-refractivity contribution in [3.63, 3.8) is 0 Å². The van der Waals surface area contributed by atoms with Gasteiger partial charge in [0.1, 0.15) is 12.4 Å². The van der Waals surface area contributed by atoms with Gasteiger partial charge in [0.2, 0.25) is 0 Å². The van der Waals surface area contributed by atoms with Gasteiger partial charge in [0, 0.05) is 23.7 Å². The Kier molecular flexibility index (Phi) is 7.76. The molecule has 0 heterocycles. The summed E-state index contributed by atoms with van der Waals surface area (Å²) in [6.45, 7) is 3.63. The summed E-state index contributed by atoms with van der Waals surface area (Å²) in [7, 11) is 0. The predicted octanol–water partition coefficient (Wildman–Crippen LogP) is 6.40. The molecule has 0 aliphatic heterocycles. The Morgan fingerprint density at radius 3 is 2.31 bits per heavy atom. The highest BCUT2D eigenvalue weighted by atomic mass is 35.5. The Hall–Kier alpha value is -2.27. The molecule has 3 aromatic rings. The third-order valence-electron chi connectivity index (χ3n) is 4.30. The molecule has 3 rings (SSSR count). The summed E-state index contributed by atoms with van der Waals surface area (Å²) in [5.74, 6) is 0.625. The van der Waals surface area contributed by atoms with Crippen LogP contribution < -0.4 is 14.8 Å². The first-order valence-corrected chi connectivity index (χ1v) is 10.1. The minimum atomic E-state index is -0.318. The van der Waals surface area contributed by atoms with E-state index in [4.69, 9.17) is 32.7 Å². The molecule has 3 aromatic carbocycles. The van der Waals surface area contributed by atoms with Crippen LogP contribution in [0.15, 0.2) is 60.7 Å². The summed E-state index contributed by atoms with van der Waals surface area (Å²) in [6.07, 6.45) is 0. The minimum absolute atomic E-state index is 0.0660. The first-order valence-electron chi connectivity index (χ1n) is 9.34. The molecular weight excluding hydrogens is 412 g/mol. The maximum atomic E-state index is 13.9. The Balaban J connectivity index is 1.70. The monoisotopic (exact) mass is 433 g/mol. The molecule has 0 unspecified atom stereocenters. The van der Waals surface area contributed by atoms with Gasteiger partial charge in [0.25, 0.3) is 0 Å². The zero-order valence-corrected chi connectivity index (χ0v) is 17.6. The highest BCUT2D eigenvalue weighted by Crippen LogP contribution is 2.37. The first kappa shape index (κ1) is 21.4. The van der Waals surface area contributed by atoms with Crippen LogP contribution in [0.3, 0.4) is 0 Å². The van der Waals surface area contributed by atoms with Crippen LogP contribution in [0.25, 0.3) is 0 Å². The summed E-state index contributed by atoms with van der Waals surface area (Å²) in [6, 6.07) is 17.9. The van der Waals surface area contributed by atoms with Crippen molar-refractivity contribution >= 4 is 23.2 Å². The van der Waals surface area contributed by atoms with E-state index < -0.39 is 0 Å². The number of ether oxygens (including phenoxy) is 2. The number of benzene rings is 3. The molecule has 0 bridgehead atoms. The molecule has 0 aromatic heterocycles. The van der Waals surface area contributed by atoms with Gasteiger partial charge < -0.3 is 14.8 Å². The molecule has 1 N–H and O–H groups in total. The van der Waals surface area contributed by atoms with Crippen molar-refractivity contribution in [2.24, 2.45) is 0 Å². The van der Waals surface area contributed by atoms with Crippen LogP contribution in [0.1, 0.15) is 23.6 Å². The highest BCUT2D eigenvalue weighted by Gasteiger charge is 2.14. The van der Waals surface area contributed by atoms with Crippen LogP contribution in [-0.4, -0.2) is 6.61 Å². The molecule has 152 valence electrons. The molecule has 6 heteroatoms. The molecule has 0 atom stereocenters. The average Bonchev–Trinajstić information content (AvgIpc) is 2.70. The van der Waals surface area contributed by atoms with Gasteiger partial charge in [-0.25, -0.2) is 4.39 Å². The lowest BCUT2D eigenvalue weighted by atomic mass is 10.1. The van der Waals surface area contributed by atoms with E-state index in [0.29, 0.717) is 41.8 Å². The molecule has 0 spiro atoms. The summed E-state index contributed by atoms with van der Waals surface area (Å²) in [5.41, 5.74) is 2.43. The molecular formula is C23H22Cl2FNO2. The fourth-order valence-electron chi connectivity index (χ4n) is 2.88. The minimum Gasteiger partial charge on any atom is -0.490 e. The fraction of sp³-hybridized carbons (Fsp3) is 0.217. The van der Waals surface area contributed by atoms with E-state index in [0.717, 1.165) is 16.1 Å². The maximum absolute atomic E-state index is 13.9. The molecule has 29 heavy (non-hydrogen) atoms. The van der Waals surface area contributed by atoms with Crippen LogP contribution in [0.2, 0.25) is 10.0 Å². The molecule has 0 fully saturated rings. The Morgan fingerprint density at radius 2 is 1.59 bits per heavy atom. The van der Waals surface area contributed by atoms with Crippen molar-refractivity contribution in [3.8, 4) is 11.5 Å². The van der Waals surface area contributed by atoms with Crippen molar-refractivity contribution in [2.75, 3.05) is 6.61 Å².